The van der Waals surface area contributed by atoms with Gasteiger partial charge in [-0.05, 0) is 37.6 Å². The number of fused-ring (bicyclic) bond motifs is 2. The third kappa shape index (κ3) is 3.27. The van der Waals surface area contributed by atoms with Gasteiger partial charge in [0.2, 0.25) is 0 Å². The smallest absolute Gasteiger partial charge is 0.267 e. The number of halogens is 1. The Hall–Kier alpha value is -3.85. The molecule has 0 aliphatic carbocycles. The SMILES string of the molecule is CC[C@@H](Nc1ncnc2[nH]cnc12)c1nc2cccc(Cl)c2c(=O)n1-c1cccnc1C. The quantitative estimate of drug-likeness (QED) is 0.419. The van der Waals surface area contributed by atoms with E-state index in [1.807, 2.05) is 19.9 Å². The van der Waals surface area contributed by atoms with Crippen LogP contribution in [0.2, 0.25) is 5.02 Å². The number of H-pyrrole nitrogens is 1. The molecule has 0 aliphatic heterocycles. The molecule has 0 aliphatic rings. The van der Waals surface area contributed by atoms with Crippen LogP contribution in [0.25, 0.3) is 27.8 Å². The van der Waals surface area contributed by atoms with Crippen LogP contribution < -0.4 is 10.9 Å². The lowest BCUT2D eigenvalue weighted by atomic mass is 10.1. The molecule has 4 heterocycles. The molecule has 0 saturated heterocycles. The fourth-order valence-corrected chi connectivity index (χ4v) is 4.02. The summed E-state index contributed by atoms with van der Waals surface area (Å²) < 4.78 is 1.58. The summed E-state index contributed by atoms with van der Waals surface area (Å²) in [7, 11) is 0. The van der Waals surface area contributed by atoms with Gasteiger partial charge in [-0.3, -0.25) is 14.3 Å². The summed E-state index contributed by atoms with van der Waals surface area (Å²) >= 11 is 6.40. The molecule has 0 bridgehead atoms. The summed E-state index contributed by atoms with van der Waals surface area (Å²) in [4.78, 5) is 38.8. The molecule has 0 spiro atoms. The van der Waals surface area contributed by atoms with Gasteiger partial charge in [-0.25, -0.2) is 19.9 Å². The van der Waals surface area contributed by atoms with Crippen LogP contribution in [0.4, 0.5) is 5.82 Å². The average Bonchev–Trinajstić information content (AvgIpc) is 3.28. The van der Waals surface area contributed by atoms with E-state index in [0.29, 0.717) is 56.5 Å². The van der Waals surface area contributed by atoms with Gasteiger partial charge in [0.15, 0.2) is 11.5 Å². The Labute approximate surface area is 187 Å². The highest BCUT2D eigenvalue weighted by Gasteiger charge is 2.23. The van der Waals surface area contributed by atoms with Crippen molar-refractivity contribution < 1.29 is 0 Å². The minimum Gasteiger partial charge on any atom is -0.358 e. The van der Waals surface area contributed by atoms with Crippen LogP contribution in [-0.4, -0.2) is 34.5 Å². The standard InChI is InChI=1S/C22H19ClN8O/c1-3-14(29-20-18-19(26-10-25-18)27-11-28-20)21-30-15-7-4-6-13(23)17(15)22(32)31(21)16-8-5-9-24-12(16)2/h4-11,14H,3H2,1-2H3,(H2,25,26,27,28,29)/t14-/m1/s1. The Bertz CT molecular complexity index is 1510. The summed E-state index contributed by atoms with van der Waals surface area (Å²) in [5, 5.41) is 4.13. The largest absolute Gasteiger partial charge is 0.358 e. The molecule has 0 saturated carbocycles. The van der Waals surface area contributed by atoms with Crippen molar-refractivity contribution in [1.29, 1.82) is 0 Å². The van der Waals surface area contributed by atoms with Crippen molar-refractivity contribution in [1.82, 2.24) is 34.5 Å². The van der Waals surface area contributed by atoms with Gasteiger partial charge in [-0.15, -0.1) is 0 Å². The molecule has 4 aromatic heterocycles. The van der Waals surface area contributed by atoms with Gasteiger partial charge < -0.3 is 10.3 Å². The van der Waals surface area contributed by atoms with Crippen LogP contribution in [0.1, 0.15) is 30.9 Å². The van der Waals surface area contributed by atoms with Gasteiger partial charge in [0, 0.05) is 6.20 Å². The van der Waals surface area contributed by atoms with E-state index < -0.39 is 0 Å². The fraction of sp³-hybridized carbons (Fsp3) is 0.182. The lowest BCUT2D eigenvalue weighted by molar-refractivity contribution is 0.657. The molecular formula is C22H19ClN8O. The summed E-state index contributed by atoms with van der Waals surface area (Å²) in [6.45, 7) is 3.86. The van der Waals surface area contributed by atoms with Crippen molar-refractivity contribution >= 4 is 39.5 Å². The highest BCUT2D eigenvalue weighted by molar-refractivity contribution is 6.35. The van der Waals surface area contributed by atoms with Gasteiger partial charge in [0.05, 0.1) is 39.7 Å². The van der Waals surface area contributed by atoms with Crippen LogP contribution in [0.15, 0.2) is 54.0 Å². The fourth-order valence-electron chi connectivity index (χ4n) is 3.77. The van der Waals surface area contributed by atoms with Crippen molar-refractivity contribution in [3.63, 3.8) is 0 Å². The van der Waals surface area contributed by atoms with E-state index in [9.17, 15) is 4.79 Å². The zero-order valence-corrected chi connectivity index (χ0v) is 18.1. The van der Waals surface area contributed by atoms with Crippen LogP contribution in [0.5, 0.6) is 0 Å². The first-order valence-electron chi connectivity index (χ1n) is 10.1. The number of aromatic amines is 1. The number of hydrogen-bond donors (Lipinski definition) is 2. The highest BCUT2D eigenvalue weighted by Crippen LogP contribution is 2.28. The van der Waals surface area contributed by atoms with Gasteiger partial charge in [0.25, 0.3) is 5.56 Å². The second kappa shape index (κ2) is 8.01. The molecule has 0 amide bonds. The number of benzene rings is 1. The normalized spacial score (nSPS) is 12.3. The monoisotopic (exact) mass is 446 g/mol. The predicted octanol–water partition coefficient (Wildman–Crippen LogP) is 3.97. The van der Waals surface area contributed by atoms with E-state index >= 15 is 0 Å². The van der Waals surface area contributed by atoms with E-state index in [1.165, 1.54) is 6.33 Å². The molecule has 5 aromatic rings. The molecular weight excluding hydrogens is 428 g/mol. The van der Waals surface area contributed by atoms with Gasteiger partial charge in [-0.2, -0.15) is 0 Å². The van der Waals surface area contributed by atoms with Gasteiger partial charge in [0.1, 0.15) is 17.7 Å². The third-order valence-corrected chi connectivity index (χ3v) is 5.66. The first kappa shape index (κ1) is 20.1. The molecule has 1 atom stereocenters. The zero-order chi connectivity index (χ0) is 22.2. The van der Waals surface area contributed by atoms with Crippen LogP contribution in [0.3, 0.4) is 0 Å². The number of aromatic nitrogens is 7. The van der Waals surface area contributed by atoms with Crippen LogP contribution >= 0.6 is 11.6 Å². The molecule has 32 heavy (non-hydrogen) atoms. The van der Waals surface area contributed by atoms with E-state index in [1.54, 1.807) is 41.4 Å². The van der Waals surface area contributed by atoms with Crippen molar-refractivity contribution in [2.75, 3.05) is 5.32 Å². The van der Waals surface area contributed by atoms with Crippen molar-refractivity contribution in [2.24, 2.45) is 0 Å². The molecule has 160 valence electrons. The summed E-state index contributed by atoms with van der Waals surface area (Å²) in [6, 6.07) is 8.56. The summed E-state index contributed by atoms with van der Waals surface area (Å²) in [5.41, 5.74) is 2.87. The average molecular weight is 447 g/mol. The molecule has 2 N–H and O–H groups in total. The van der Waals surface area contributed by atoms with E-state index in [0.717, 1.165) is 0 Å². The Balaban J connectivity index is 1.76. The first-order chi connectivity index (χ1) is 15.6. The molecule has 0 fully saturated rings. The summed E-state index contributed by atoms with van der Waals surface area (Å²) in [5.74, 6) is 1.09. The maximum absolute atomic E-state index is 13.7. The number of nitrogens with one attached hydrogen (secondary N) is 2. The number of rotatable bonds is 5. The molecule has 10 heteroatoms. The van der Waals surface area contributed by atoms with Crippen molar-refractivity contribution in [3.05, 3.63) is 76.1 Å². The Morgan fingerprint density at radius 2 is 2.03 bits per heavy atom. The van der Waals surface area contributed by atoms with E-state index in [2.05, 4.69) is 30.2 Å². The minimum atomic E-state index is -0.347. The topological polar surface area (TPSA) is 114 Å². The molecule has 9 nitrogen and oxygen atoms in total. The number of anilines is 1. The molecule has 0 radical (unpaired) electrons. The van der Waals surface area contributed by atoms with E-state index in [4.69, 9.17) is 16.6 Å². The van der Waals surface area contributed by atoms with E-state index in [-0.39, 0.29) is 11.6 Å². The van der Waals surface area contributed by atoms with Gasteiger partial charge in [-0.1, -0.05) is 24.6 Å². The van der Waals surface area contributed by atoms with Gasteiger partial charge >= 0.3 is 0 Å². The number of nitrogens with zero attached hydrogens (tertiary/aromatic N) is 6. The molecule has 1 aromatic carbocycles. The minimum absolute atomic E-state index is 0.250. The lowest BCUT2D eigenvalue weighted by Crippen LogP contribution is -2.29. The Morgan fingerprint density at radius 3 is 2.84 bits per heavy atom. The second-order valence-corrected chi connectivity index (χ2v) is 7.69. The predicted molar refractivity (Wildman–Crippen MR) is 123 cm³/mol. The maximum atomic E-state index is 13.7. The van der Waals surface area contributed by atoms with Crippen LogP contribution in [0, 0.1) is 6.92 Å². The van der Waals surface area contributed by atoms with Crippen molar-refractivity contribution in [2.45, 2.75) is 26.3 Å². The summed E-state index contributed by atoms with van der Waals surface area (Å²) in [6.07, 6.45) is 5.35. The third-order valence-electron chi connectivity index (χ3n) is 5.34. The Kier molecular flexibility index (Phi) is 5.02. The second-order valence-electron chi connectivity index (χ2n) is 7.28. The maximum Gasteiger partial charge on any atom is 0.267 e. The lowest BCUT2D eigenvalue weighted by Gasteiger charge is -2.22. The number of hydrogen-bond acceptors (Lipinski definition) is 7. The zero-order valence-electron chi connectivity index (χ0n) is 17.4. The molecule has 0 unspecified atom stereocenters. The highest BCUT2D eigenvalue weighted by atomic mass is 35.5. The number of imidazole rings is 1. The molecule has 5 rings (SSSR count). The number of aryl methyl sites for hydroxylation is 1. The van der Waals surface area contributed by atoms with Crippen molar-refractivity contribution in [3.8, 4) is 5.69 Å². The number of pyridine rings is 1. The van der Waals surface area contributed by atoms with Crippen LogP contribution in [-0.2, 0) is 0 Å². The Morgan fingerprint density at radius 1 is 1.16 bits per heavy atom. The first-order valence-corrected chi connectivity index (χ1v) is 10.5.